The lowest BCUT2D eigenvalue weighted by atomic mass is 10.1. The van der Waals surface area contributed by atoms with Gasteiger partial charge >= 0.3 is 0 Å². The molecule has 0 saturated heterocycles. The van der Waals surface area contributed by atoms with E-state index in [4.69, 9.17) is 4.74 Å². The van der Waals surface area contributed by atoms with E-state index in [1.54, 1.807) is 12.1 Å². The lowest BCUT2D eigenvalue weighted by Crippen LogP contribution is -2.38. The maximum Gasteiger partial charge on any atom is 0.246 e. The van der Waals surface area contributed by atoms with E-state index >= 15 is 0 Å². The Morgan fingerprint density at radius 1 is 1.16 bits per heavy atom. The van der Waals surface area contributed by atoms with Gasteiger partial charge in [-0.2, -0.15) is 0 Å². The van der Waals surface area contributed by atoms with E-state index in [0.29, 0.717) is 24.5 Å². The van der Waals surface area contributed by atoms with Gasteiger partial charge in [-0.25, -0.2) is 13.1 Å². The van der Waals surface area contributed by atoms with Gasteiger partial charge in [-0.3, -0.25) is 0 Å². The summed E-state index contributed by atoms with van der Waals surface area (Å²) < 4.78 is 34.5. The van der Waals surface area contributed by atoms with Crippen LogP contribution in [0.1, 0.15) is 25.3 Å². The second kappa shape index (κ2) is 7.89. The summed E-state index contributed by atoms with van der Waals surface area (Å²) >= 11 is 0. The van der Waals surface area contributed by atoms with Gasteiger partial charge in [0.1, 0.15) is 17.3 Å². The molecule has 1 atom stereocenters. The summed E-state index contributed by atoms with van der Waals surface area (Å²) in [5.41, 5.74) is 1.67. The second-order valence-electron chi connectivity index (χ2n) is 6.23. The number of fused-ring (bicyclic) bond motifs is 1. The largest absolute Gasteiger partial charge is 0.490 e. The van der Waals surface area contributed by atoms with Crippen molar-refractivity contribution < 1.29 is 13.2 Å². The first-order chi connectivity index (χ1) is 12.1. The molecule has 1 aliphatic heterocycles. The molecular weight excluding hydrogens is 336 g/mol. The van der Waals surface area contributed by atoms with Crippen molar-refractivity contribution in [2.75, 3.05) is 18.5 Å². The third-order valence-corrected chi connectivity index (χ3v) is 5.78. The van der Waals surface area contributed by atoms with E-state index in [1.165, 1.54) is 0 Å². The van der Waals surface area contributed by atoms with Gasteiger partial charge in [0.15, 0.2) is 0 Å². The quantitative estimate of drug-likeness (QED) is 0.777. The fourth-order valence-corrected chi connectivity index (χ4v) is 4.48. The van der Waals surface area contributed by atoms with Gasteiger partial charge in [0.2, 0.25) is 10.0 Å². The molecule has 0 radical (unpaired) electrons. The first-order valence-corrected chi connectivity index (χ1v) is 10.1. The number of benzene rings is 2. The predicted octanol–water partition coefficient (Wildman–Crippen LogP) is 3.18. The van der Waals surface area contributed by atoms with E-state index in [1.807, 2.05) is 36.4 Å². The SMILES string of the molecule is CCCCNc1cccc2c1S(=O)(=O)N[C@H](Cc1ccccc1)CO2. The Bertz CT molecular complexity index is 807. The van der Waals surface area contributed by atoms with Crippen LogP contribution >= 0.6 is 0 Å². The Hall–Kier alpha value is -2.05. The molecule has 0 amide bonds. The maximum absolute atomic E-state index is 12.9. The highest BCUT2D eigenvalue weighted by Crippen LogP contribution is 2.33. The van der Waals surface area contributed by atoms with Crippen LogP contribution in [0.2, 0.25) is 0 Å². The van der Waals surface area contributed by atoms with Crippen molar-refractivity contribution in [3.63, 3.8) is 0 Å². The monoisotopic (exact) mass is 360 g/mol. The number of nitrogens with one attached hydrogen (secondary N) is 2. The molecule has 0 spiro atoms. The minimum Gasteiger partial charge on any atom is -0.490 e. The molecule has 2 aromatic rings. The number of unbranched alkanes of at least 4 members (excludes halogenated alkanes) is 1. The van der Waals surface area contributed by atoms with Gasteiger partial charge < -0.3 is 10.1 Å². The van der Waals surface area contributed by atoms with Crippen LogP contribution in [0.4, 0.5) is 5.69 Å². The molecule has 5 nitrogen and oxygen atoms in total. The number of hydrogen-bond donors (Lipinski definition) is 2. The Kier molecular flexibility index (Phi) is 5.60. The van der Waals surface area contributed by atoms with Crippen molar-refractivity contribution in [2.45, 2.75) is 37.1 Å². The van der Waals surface area contributed by atoms with E-state index in [0.717, 1.165) is 24.9 Å². The maximum atomic E-state index is 12.9. The number of rotatable bonds is 6. The molecule has 0 bridgehead atoms. The molecule has 1 heterocycles. The fraction of sp³-hybridized carbons (Fsp3) is 0.368. The zero-order chi connectivity index (χ0) is 17.7. The van der Waals surface area contributed by atoms with Crippen molar-refractivity contribution >= 4 is 15.7 Å². The summed E-state index contributed by atoms with van der Waals surface area (Å²) in [7, 11) is -3.65. The summed E-state index contributed by atoms with van der Waals surface area (Å²) in [6.45, 7) is 3.14. The summed E-state index contributed by atoms with van der Waals surface area (Å²) in [6, 6.07) is 14.8. The Morgan fingerprint density at radius 2 is 1.96 bits per heavy atom. The van der Waals surface area contributed by atoms with Crippen LogP contribution in [0.15, 0.2) is 53.4 Å². The number of ether oxygens (including phenoxy) is 1. The molecule has 134 valence electrons. The molecule has 6 heteroatoms. The fourth-order valence-electron chi connectivity index (χ4n) is 2.95. The summed E-state index contributed by atoms with van der Waals surface area (Å²) in [5, 5.41) is 3.22. The lowest BCUT2D eigenvalue weighted by Gasteiger charge is -2.15. The van der Waals surface area contributed by atoms with Crippen LogP contribution in [0.3, 0.4) is 0 Å². The third kappa shape index (κ3) is 4.32. The average molecular weight is 360 g/mol. The molecule has 0 fully saturated rings. The molecule has 25 heavy (non-hydrogen) atoms. The van der Waals surface area contributed by atoms with E-state index in [2.05, 4.69) is 17.0 Å². The molecule has 0 aliphatic carbocycles. The van der Waals surface area contributed by atoms with E-state index in [9.17, 15) is 8.42 Å². The summed E-state index contributed by atoms with van der Waals surface area (Å²) in [5.74, 6) is 0.407. The van der Waals surface area contributed by atoms with Crippen LogP contribution in [-0.2, 0) is 16.4 Å². The summed E-state index contributed by atoms with van der Waals surface area (Å²) in [4.78, 5) is 0.210. The molecular formula is C19H24N2O3S. The van der Waals surface area contributed by atoms with Crippen LogP contribution in [0.25, 0.3) is 0 Å². The zero-order valence-corrected chi connectivity index (χ0v) is 15.2. The topological polar surface area (TPSA) is 67.4 Å². The van der Waals surface area contributed by atoms with E-state index < -0.39 is 10.0 Å². The van der Waals surface area contributed by atoms with Crippen molar-refractivity contribution in [3.05, 3.63) is 54.1 Å². The van der Waals surface area contributed by atoms with Crippen molar-refractivity contribution in [1.82, 2.24) is 4.72 Å². The molecule has 1 aliphatic rings. The normalized spacial score (nSPS) is 18.7. The number of anilines is 1. The minimum atomic E-state index is -3.65. The van der Waals surface area contributed by atoms with Gasteiger partial charge in [-0.15, -0.1) is 0 Å². The van der Waals surface area contributed by atoms with Gasteiger partial charge in [0.05, 0.1) is 11.7 Å². The standard InChI is InChI=1S/C19H24N2O3S/c1-2-3-12-20-17-10-7-11-18-19(17)25(22,23)21-16(14-24-18)13-15-8-5-4-6-9-15/h4-11,16,20-21H,2-3,12-14H2,1H3/t16-/m1/s1. The smallest absolute Gasteiger partial charge is 0.246 e. The van der Waals surface area contributed by atoms with Crippen molar-refractivity contribution in [2.24, 2.45) is 0 Å². The summed E-state index contributed by atoms with van der Waals surface area (Å²) in [6.07, 6.45) is 2.62. The highest BCUT2D eigenvalue weighted by Gasteiger charge is 2.30. The number of sulfonamides is 1. The van der Waals surface area contributed by atoms with Crippen molar-refractivity contribution in [1.29, 1.82) is 0 Å². The van der Waals surface area contributed by atoms with Crippen LogP contribution < -0.4 is 14.8 Å². The molecule has 3 rings (SSSR count). The minimum absolute atomic E-state index is 0.210. The highest BCUT2D eigenvalue weighted by atomic mass is 32.2. The molecule has 0 aromatic heterocycles. The van der Waals surface area contributed by atoms with Crippen LogP contribution in [0.5, 0.6) is 5.75 Å². The highest BCUT2D eigenvalue weighted by molar-refractivity contribution is 7.89. The van der Waals surface area contributed by atoms with Crippen LogP contribution in [0, 0.1) is 0 Å². The van der Waals surface area contributed by atoms with Crippen LogP contribution in [-0.4, -0.2) is 27.6 Å². The second-order valence-corrected chi connectivity index (χ2v) is 7.88. The van der Waals surface area contributed by atoms with Gasteiger partial charge in [0.25, 0.3) is 0 Å². The van der Waals surface area contributed by atoms with Gasteiger partial charge in [-0.05, 0) is 30.5 Å². The third-order valence-electron chi connectivity index (χ3n) is 4.18. The number of hydrogen-bond acceptors (Lipinski definition) is 4. The molecule has 2 N–H and O–H groups in total. The van der Waals surface area contributed by atoms with Gasteiger partial charge in [0, 0.05) is 6.54 Å². The lowest BCUT2D eigenvalue weighted by molar-refractivity contribution is 0.279. The van der Waals surface area contributed by atoms with Crippen molar-refractivity contribution in [3.8, 4) is 5.75 Å². The first-order valence-electron chi connectivity index (χ1n) is 8.66. The molecule has 0 saturated carbocycles. The Labute approximate surface area is 149 Å². The predicted molar refractivity (Wildman–Crippen MR) is 99.6 cm³/mol. The molecule has 2 aromatic carbocycles. The molecule has 0 unspecified atom stereocenters. The van der Waals surface area contributed by atoms with E-state index in [-0.39, 0.29) is 10.9 Å². The Balaban J connectivity index is 1.84. The first kappa shape index (κ1) is 17.8. The van der Waals surface area contributed by atoms with Gasteiger partial charge in [-0.1, -0.05) is 49.7 Å². The Morgan fingerprint density at radius 3 is 2.72 bits per heavy atom. The average Bonchev–Trinajstić information content (AvgIpc) is 2.72. The zero-order valence-electron chi connectivity index (χ0n) is 14.4.